The molecule has 0 aromatic carbocycles. The molecule has 74 valence electrons. The molecule has 1 atom stereocenters. The van der Waals surface area contributed by atoms with Gasteiger partial charge in [-0.1, -0.05) is 0 Å². The summed E-state index contributed by atoms with van der Waals surface area (Å²) in [6.45, 7) is 3.87. The molecule has 2 aliphatic rings. The van der Waals surface area contributed by atoms with Gasteiger partial charge in [-0.05, 0) is 12.8 Å². The molecule has 2 heterocycles. The van der Waals surface area contributed by atoms with Gasteiger partial charge in [0, 0.05) is 13.1 Å². The van der Waals surface area contributed by atoms with E-state index >= 15 is 0 Å². The molecule has 0 spiro atoms. The predicted molar refractivity (Wildman–Crippen MR) is 49.1 cm³/mol. The number of likely N-dealkylation sites (tertiary alicyclic amines) is 1. The number of amidine groups is 1. The molecule has 0 aromatic heterocycles. The van der Waals surface area contributed by atoms with Crippen molar-refractivity contribution in [2.75, 3.05) is 32.9 Å². The molecular weight excluding hydrogens is 168 g/mol. The highest BCUT2D eigenvalue weighted by molar-refractivity contribution is 5.84. The van der Waals surface area contributed by atoms with Gasteiger partial charge < -0.3 is 14.4 Å². The molecule has 0 bridgehead atoms. The van der Waals surface area contributed by atoms with Gasteiger partial charge in [0.05, 0.1) is 19.8 Å². The Hall–Kier alpha value is -0.610. The van der Waals surface area contributed by atoms with Gasteiger partial charge in [0.1, 0.15) is 11.9 Å². The Kier molecular flexibility index (Phi) is 2.80. The first-order valence-corrected chi connectivity index (χ1v) is 4.90. The average Bonchev–Trinajstić information content (AvgIpc) is 2.71. The summed E-state index contributed by atoms with van der Waals surface area (Å²) >= 11 is 0. The van der Waals surface area contributed by atoms with Crippen LogP contribution in [0, 0.1) is 5.41 Å². The van der Waals surface area contributed by atoms with Crippen molar-refractivity contribution in [1.29, 1.82) is 5.41 Å². The SMILES string of the molecule is N=C(C1COCCO1)N1CCCC1. The molecule has 0 aliphatic carbocycles. The summed E-state index contributed by atoms with van der Waals surface area (Å²) in [6, 6.07) is 0. The number of nitrogens with zero attached hydrogens (tertiary/aromatic N) is 1. The third kappa shape index (κ3) is 2.00. The third-order valence-electron chi connectivity index (χ3n) is 2.57. The lowest BCUT2D eigenvalue weighted by Gasteiger charge is -2.28. The van der Waals surface area contributed by atoms with Crippen LogP contribution in [0.1, 0.15) is 12.8 Å². The van der Waals surface area contributed by atoms with Crippen LogP contribution >= 0.6 is 0 Å². The molecule has 0 saturated carbocycles. The Bertz CT molecular complexity index is 184. The van der Waals surface area contributed by atoms with E-state index in [9.17, 15) is 0 Å². The number of hydrogen-bond donors (Lipinski definition) is 1. The highest BCUT2D eigenvalue weighted by Crippen LogP contribution is 2.12. The molecule has 2 saturated heterocycles. The van der Waals surface area contributed by atoms with Crippen LogP contribution in [0.4, 0.5) is 0 Å². The zero-order chi connectivity index (χ0) is 9.10. The first-order chi connectivity index (χ1) is 6.38. The first-order valence-electron chi connectivity index (χ1n) is 4.90. The fourth-order valence-electron chi connectivity index (χ4n) is 1.81. The van der Waals surface area contributed by atoms with E-state index in [1.165, 1.54) is 12.8 Å². The minimum atomic E-state index is -0.119. The monoisotopic (exact) mass is 184 g/mol. The van der Waals surface area contributed by atoms with Crippen molar-refractivity contribution in [3.05, 3.63) is 0 Å². The van der Waals surface area contributed by atoms with E-state index in [4.69, 9.17) is 14.9 Å². The second-order valence-electron chi connectivity index (χ2n) is 3.51. The smallest absolute Gasteiger partial charge is 0.138 e. The van der Waals surface area contributed by atoms with E-state index in [0.29, 0.717) is 25.7 Å². The Morgan fingerprint density at radius 2 is 2.00 bits per heavy atom. The highest BCUT2D eigenvalue weighted by Gasteiger charge is 2.25. The van der Waals surface area contributed by atoms with Gasteiger partial charge in [-0.15, -0.1) is 0 Å². The first kappa shape index (κ1) is 8.97. The minimum Gasteiger partial charge on any atom is -0.376 e. The van der Waals surface area contributed by atoms with E-state index in [0.717, 1.165) is 13.1 Å². The zero-order valence-corrected chi connectivity index (χ0v) is 7.79. The number of ether oxygens (including phenoxy) is 2. The summed E-state index contributed by atoms with van der Waals surface area (Å²) in [6.07, 6.45) is 2.29. The van der Waals surface area contributed by atoms with Crippen LogP contribution in [0.5, 0.6) is 0 Å². The quantitative estimate of drug-likeness (QED) is 0.476. The van der Waals surface area contributed by atoms with E-state index in [2.05, 4.69) is 4.90 Å². The van der Waals surface area contributed by atoms with Gasteiger partial charge in [-0.3, -0.25) is 5.41 Å². The second-order valence-corrected chi connectivity index (χ2v) is 3.51. The number of rotatable bonds is 1. The van der Waals surface area contributed by atoms with Crippen LogP contribution in [0.3, 0.4) is 0 Å². The number of nitrogens with one attached hydrogen (secondary N) is 1. The average molecular weight is 184 g/mol. The molecule has 0 radical (unpaired) electrons. The van der Waals surface area contributed by atoms with Gasteiger partial charge >= 0.3 is 0 Å². The Balaban J connectivity index is 1.87. The predicted octanol–water partition coefficient (Wildman–Crippen LogP) is 0.475. The van der Waals surface area contributed by atoms with Crippen LogP contribution in [-0.4, -0.2) is 49.7 Å². The van der Waals surface area contributed by atoms with Gasteiger partial charge in [0.15, 0.2) is 0 Å². The summed E-state index contributed by atoms with van der Waals surface area (Å²) in [5, 5.41) is 7.90. The zero-order valence-electron chi connectivity index (χ0n) is 7.79. The van der Waals surface area contributed by atoms with Crippen LogP contribution in [0.25, 0.3) is 0 Å². The largest absolute Gasteiger partial charge is 0.376 e. The Labute approximate surface area is 78.3 Å². The van der Waals surface area contributed by atoms with E-state index in [-0.39, 0.29) is 6.10 Å². The lowest BCUT2D eigenvalue weighted by molar-refractivity contribution is -0.0632. The van der Waals surface area contributed by atoms with E-state index in [1.54, 1.807) is 0 Å². The standard InChI is InChI=1S/C9H16N2O2/c10-9(11-3-1-2-4-11)8-7-12-5-6-13-8/h8,10H,1-7H2. The van der Waals surface area contributed by atoms with E-state index in [1.807, 2.05) is 0 Å². The topological polar surface area (TPSA) is 45.6 Å². The summed E-state index contributed by atoms with van der Waals surface area (Å²) in [7, 11) is 0. The Morgan fingerprint density at radius 1 is 1.23 bits per heavy atom. The molecular formula is C9H16N2O2. The summed E-state index contributed by atoms with van der Waals surface area (Å²) in [5.41, 5.74) is 0. The summed E-state index contributed by atoms with van der Waals surface area (Å²) in [5.74, 6) is 0.609. The lowest BCUT2D eigenvalue weighted by atomic mass is 10.3. The van der Waals surface area contributed by atoms with Crippen molar-refractivity contribution >= 4 is 5.84 Å². The van der Waals surface area contributed by atoms with Gasteiger partial charge in [0.25, 0.3) is 0 Å². The Morgan fingerprint density at radius 3 is 2.62 bits per heavy atom. The van der Waals surface area contributed by atoms with Crippen LogP contribution in [0.15, 0.2) is 0 Å². The third-order valence-corrected chi connectivity index (χ3v) is 2.57. The number of hydrogen-bond acceptors (Lipinski definition) is 3. The fourth-order valence-corrected chi connectivity index (χ4v) is 1.81. The molecule has 13 heavy (non-hydrogen) atoms. The second kappa shape index (κ2) is 4.07. The molecule has 1 unspecified atom stereocenters. The molecule has 2 aliphatic heterocycles. The minimum absolute atomic E-state index is 0.119. The van der Waals surface area contributed by atoms with Crippen LogP contribution in [-0.2, 0) is 9.47 Å². The van der Waals surface area contributed by atoms with Gasteiger partial charge in [-0.25, -0.2) is 0 Å². The summed E-state index contributed by atoms with van der Waals surface area (Å²) in [4.78, 5) is 2.10. The molecule has 0 amide bonds. The van der Waals surface area contributed by atoms with Gasteiger partial charge in [-0.2, -0.15) is 0 Å². The van der Waals surface area contributed by atoms with Crippen molar-refractivity contribution < 1.29 is 9.47 Å². The maximum atomic E-state index is 7.90. The molecule has 0 aromatic rings. The van der Waals surface area contributed by atoms with Gasteiger partial charge in [0.2, 0.25) is 0 Å². The maximum Gasteiger partial charge on any atom is 0.138 e. The normalized spacial score (nSPS) is 29.2. The van der Waals surface area contributed by atoms with E-state index < -0.39 is 0 Å². The van der Waals surface area contributed by atoms with Crippen molar-refractivity contribution in [3.63, 3.8) is 0 Å². The van der Waals surface area contributed by atoms with Crippen LogP contribution in [0.2, 0.25) is 0 Å². The van der Waals surface area contributed by atoms with Crippen molar-refractivity contribution in [3.8, 4) is 0 Å². The lowest BCUT2D eigenvalue weighted by Crippen LogP contribution is -2.43. The highest BCUT2D eigenvalue weighted by atomic mass is 16.6. The maximum absolute atomic E-state index is 7.90. The molecule has 2 rings (SSSR count). The summed E-state index contributed by atoms with van der Waals surface area (Å²) < 4.78 is 10.7. The molecule has 2 fully saturated rings. The molecule has 4 heteroatoms. The van der Waals surface area contributed by atoms with Crippen LogP contribution < -0.4 is 0 Å². The molecule has 1 N–H and O–H groups in total. The van der Waals surface area contributed by atoms with Crippen molar-refractivity contribution in [1.82, 2.24) is 4.90 Å². The fraction of sp³-hybridized carbons (Fsp3) is 0.889. The molecule has 4 nitrogen and oxygen atoms in total. The van der Waals surface area contributed by atoms with Crippen molar-refractivity contribution in [2.24, 2.45) is 0 Å². The van der Waals surface area contributed by atoms with Crippen molar-refractivity contribution in [2.45, 2.75) is 18.9 Å².